The summed E-state index contributed by atoms with van der Waals surface area (Å²) in [6.07, 6.45) is 1.19. The average molecular weight is 297 g/mol. The van der Waals surface area contributed by atoms with Crippen molar-refractivity contribution in [3.05, 3.63) is 22.2 Å². The summed E-state index contributed by atoms with van der Waals surface area (Å²) in [4.78, 5) is 1.70. The molecule has 96 valence electrons. The van der Waals surface area contributed by atoms with Gasteiger partial charge in [-0.15, -0.1) is 0 Å². The number of nitrogen functional groups attached to an aromatic ring is 1. The molecule has 0 aromatic heterocycles. The molecule has 0 aliphatic heterocycles. The van der Waals surface area contributed by atoms with Crippen LogP contribution in [0.25, 0.3) is 0 Å². The van der Waals surface area contributed by atoms with Crippen LogP contribution in [0.4, 0.5) is 11.4 Å². The molecule has 7 heteroatoms. The Balaban J connectivity index is 2.93. The first-order valence-corrected chi connectivity index (χ1v) is 7.66. The zero-order chi connectivity index (χ0) is 13.2. The molecule has 0 saturated carbocycles. The fraction of sp³-hybridized carbons (Fsp3) is 0.400. The first-order chi connectivity index (χ1) is 7.70. The average Bonchev–Trinajstić information content (AvgIpc) is 2.11. The largest absolute Gasteiger partial charge is 0.399 e. The highest BCUT2D eigenvalue weighted by atomic mass is 35.5. The van der Waals surface area contributed by atoms with Crippen LogP contribution in [0.5, 0.6) is 0 Å². The summed E-state index contributed by atoms with van der Waals surface area (Å²) in [7, 11) is -1.28. The molecular weight excluding hydrogens is 283 g/mol. The van der Waals surface area contributed by atoms with Gasteiger partial charge in [0.15, 0.2) is 0 Å². The third-order valence-corrected chi connectivity index (χ3v) is 3.72. The van der Waals surface area contributed by atoms with Crippen LogP contribution in [0.15, 0.2) is 12.1 Å². The third-order valence-electron chi connectivity index (χ3n) is 2.22. The van der Waals surface area contributed by atoms with Crippen LogP contribution in [0, 0.1) is 0 Å². The Hall–Kier alpha value is -0.650. The van der Waals surface area contributed by atoms with Gasteiger partial charge in [0.2, 0.25) is 0 Å². The van der Waals surface area contributed by atoms with E-state index in [0.29, 0.717) is 28.0 Å². The second-order valence-electron chi connectivity index (χ2n) is 3.88. The van der Waals surface area contributed by atoms with E-state index in [-0.39, 0.29) is 5.75 Å². The second kappa shape index (κ2) is 5.33. The van der Waals surface area contributed by atoms with Gasteiger partial charge in [-0.2, -0.15) is 0 Å². The molecule has 0 heterocycles. The van der Waals surface area contributed by atoms with Gasteiger partial charge in [-0.1, -0.05) is 23.2 Å². The standard InChI is InChI=1S/C10H14Cl2N2O2S/c1-14(3-4-17(2,15)16)10-8(11)5-7(13)6-9(10)12/h5-6H,3-4,13H2,1-2H3. The second-order valence-corrected chi connectivity index (χ2v) is 6.96. The van der Waals surface area contributed by atoms with E-state index >= 15 is 0 Å². The summed E-state index contributed by atoms with van der Waals surface area (Å²) in [6, 6.07) is 3.17. The maximum atomic E-state index is 11.1. The van der Waals surface area contributed by atoms with Crippen molar-refractivity contribution in [2.24, 2.45) is 0 Å². The fourth-order valence-corrected chi connectivity index (χ4v) is 2.76. The van der Waals surface area contributed by atoms with E-state index in [0.717, 1.165) is 0 Å². The van der Waals surface area contributed by atoms with Gasteiger partial charge >= 0.3 is 0 Å². The van der Waals surface area contributed by atoms with Gasteiger partial charge in [0.25, 0.3) is 0 Å². The van der Waals surface area contributed by atoms with Gasteiger partial charge in [0, 0.05) is 25.5 Å². The fourth-order valence-electron chi connectivity index (χ4n) is 1.36. The Morgan fingerprint density at radius 3 is 2.18 bits per heavy atom. The van der Waals surface area contributed by atoms with Crippen LogP contribution < -0.4 is 10.6 Å². The van der Waals surface area contributed by atoms with Crippen molar-refractivity contribution in [2.45, 2.75) is 0 Å². The van der Waals surface area contributed by atoms with Crippen molar-refractivity contribution >= 4 is 44.4 Å². The Bertz CT molecular complexity index is 494. The van der Waals surface area contributed by atoms with E-state index in [4.69, 9.17) is 28.9 Å². The minimum atomic E-state index is -3.01. The quantitative estimate of drug-likeness (QED) is 0.864. The van der Waals surface area contributed by atoms with Gasteiger partial charge in [-0.3, -0.25) is 0 Å². The number of benzene rings is 1. The van der Waals surface area contributed by atoms with E-state index in [2.05, 4.69) is 0 Å². The minimum Gasteiger partial charge on any atom is -0.399 e. The Kier molecular flexibility index (Phi) is 4.52. The van der Waals surface area contributed by atoms with Crippen molar-refractivity contribution in [2.75, 3.05) is 36.2 Å². The lowest BCUT2D eigenvalue weighted by atomic mass is 10.2. The van der Waals surface area contributed by atoms with Crippen LogP contribution in [0.3, 0.4) is 0 Å². The first-order valence-electron chi connectivity index (χ1n) is 4.84. The molecule has 0 unspecified atom stereocenters. The smallest absolute Gasteiger partial charge is 0.149 e. The van der Waals surface area contributed by atoms with Crippen molar-refractivity contribution in [3.63, 3.8) is 0 Å². The predicted molar refractivity (Wildman–Crippen MR) is 73.9 cm³/mol. The number of nitrogens with zero attached hydrogens (tertiary/aromatic N) is 1. The molecule has 0 bridgehead atoms. The summed E-state index contributed by atoms with van der Waals surface area (Å²) < 4.78 is 22.2. The summed E-state index contributed by atoms with van der Waals surface area (Å²) >= 11 is 12.0. The number of nitrogens with two attached hydrogens (primary N) is 1. The molecule has 0 aliphatic rings. The van der Waals surface area contributed by atoms with Crippen molar-refractivity contribution < 1.29 is 8.42 Å². The molecule has 0 atom stereocenters. The number of hydrogen-bond acceptors (Lipinski definition) is 4. The minimum absolute atomic E-state index is 0.0422. The summed E-state index contributed by atoms with van der Waals surface area (Å²) in [5, 5.41) is 0.817. The van der Waals surface area contributed by atoms with Crippen molar-refractivity contribution in [1.29, 1.82) is 0 Å². The van der Waals surface area contributed by atoms with E-state index in [9.17, 15) is 8.42 Å². The highest BCUT2D eigenvalue weighted by molar-refractivity contribution is 7.90. The van der Waals surface area contributed by atoms with E-state index < -0.39 is 9.84 Å². The molecule has 2 N–H and O–H groups in total. The number of rotatable bonds is 4. The molecule has 1 aromatic carbocycles. The predicted octanol–water partition coefficient (Wildman–Crippen LogP) is 2.06. The molecule has 1 rings (SSSR count). The lowest BCUT2D eigenvalue weighted by Gasteiger charge is -2.21. The van der Waals surface area contributed by atoms with Crippen LogP contribution in [-0.4, -0.2) is 34.0 Å². The van der Waals surface area contributed by atoms with Crippen LogP contribution in [-0.2, 0) is 9.84 Å². The molecule has 0 aliphatic carbocycles. The van der Waals surface area contributed by atoms with Crippen LogP contribution in [0.2, 0.25) is 10.0 Å². The van der Waals surface area contributed by atoms with E-state index in [1.807, 2.05) is 0 Å². The lowest BCUT2D eigenvalue weighted by molar-refractivity contribution is 0.601. The molecule has 0 spiro atoms. The maximum Gasteiger partial charge on any atom is 0.149 e. The molecule has 17 heavy (non-hydrogen) atoms. The van der Waals surface area contributed by atoms with Gasteiger partial charge in [0.05, 0.1) is 21.5 Å². The molecular formula is C10H14Cl2N2O2S. The number of halogens is 2. The highest BCUT2D eigenvalue weighted by Crippen LogP contribution is 2.35. The van der Waals surface area contributed by atoms with Gasteiger partial charge in [-0.25, -0.2) is 8.42 Å². The van der Waals surface area contributed by atoms with Gasteiger partial charge in [0.1, 0.15) is 9.84 Å². The lowest BCUT2D eigenvalue weighted by Crippen LogP contribution is -2.25. The topological polar surface area (TPSA) is 63.4 Å². The van der Waals surface area contributed by atoms with E-state index in [1.165, 1.54) is 6.26 Å². The molecule has 0 amide bonds. The Labute approximate surface area is 111 Å². The zero-order valence-corrected chi connectivity index (χ0v) is 11.9. The monoisotopic (exact) mass is 296 g/mol. The van der Waals surface area contributed by atoms with Crippen molar-refractivity contribution in [1.82, 2.24) is 0 Å². The Morgan fingerprint density at radius 1 is 1.29 bits per heavy atom. The summed E-state index contributed by atoms with van der Waals surface area (Å²) in [5.41, 5.74) is 6.65. The summed E-state index contributed by atoms with van der Waals surface area (Å²) in [6.45, 7) is 0.322. The number of hydrogen-bond donors (Lipinski definition) is 1. The third kappa shape index (κ3) is 4.26. The first kappa shape index (κ1) is 14.4. The maximum absolute atomic E-state index is 11.1. The summed E-state index contributed by atoms with van der Waals surface area (Å²) in [5.74, 6) is 0.0422. The molecule has 0 saturated heterocycles. The van der Waals surface area contributed by atoms with Crippen molar-refractivity contribution in [3.8, 4) is 0 Å². The normalized spacial score (nSPS) is 11.5. The van der Waals surface area contributed by atoms with E-state index in [1.54, 1.807) is 24.1 Å². The highest BCUT2D eigenvalue weighted by Gasteiger charge is 2.13. The van der Waals surface area contributed by atoms with Gasteiger partial charge < -0.3 is 10.6 Å². The molecule has 0 radical (unpaired) electrons. The Morgan fingerprint density at radius 2 is 1.76 bits per heavy atom. The molecule has 1 aromatic rings. The van der Waals surface area contributed by atoms with Crippen LogP contribution >= 0.6 is 23.2 Å². The van der Waals surface area contributed by atoms with Gasteiger partial charge in [-0.05, 0) is 12.1 Å². The SMILES string of the molecule is CN(CCS(C)(=O)=O)c1c(Cl)cc(N)cc1Cl. The zero-order valence-electron chi connectivity index (χ0n) is 9.57. The number of anilines is 2. The molecule has 0 fully saturated rings. The number of sulfone groups is 1. The van der Waals surface area contributed by atoms with Crippen LogP contribution in [0.1, 0.15) is 0 Å². The molecule has 4 nitrogen and oxygen atoms in total.